The molecule has 0 saturated carbocycles. The minimum Gasteiger partial charge on any atom is -0.462 e. The Morgan fingerprint density at radius 3 is 2.56 bits per heavy atom. The molecule has 0 bridgehead atoms. The van der Waals surface area contributed by atoms with Gasteiger partial charge in [0.25, 0.3) is 0 Å². The number of thiophene rings is 1. The molecule has 10 heteroatoms. The van der Waals surface area contributed by atoms with Crippen molar-refractivity contribution in [3.05, 3.63) is 46.1 Å². The summed E-state index contributed by atoms with van der Waals surface area (Å²) in [7, 11) is 1.50. The molecule has 0 spiro atoms. The summed E-state index contributed by atoms with van der Waals surface area (Å²) in [6, 6.07) is 7.52. The van der Waals surface area contributed by atoms with Crippen LogP contribution in [0.25, 0.3) is 11.0 Å². The van der Waals surface area contributed by atoms with Gasteiger partial charge < -0.3 is 24.1 Å². The van der Waals surface area contributed by atoms with E-state index in [1.165, 1.54) is 7.11 Å². The third-order valence-electron chi connectivity index (χ3n) is 4.73. The molecule has 0 aliphatic heterocycles. The summed E-state index contributed by atoms with van der Waals surface area (Å²) in [5, 5.41) is 3.00. The Labute approximate surface area is 189 Å². The molecule has 170 valence electrons. The zero-order chi connectivity index (χ0) is 23.3. The van der Waals surface area contributed by atoms with Crippen LogP contribution in [0, 0.1) is 13.8 Å². The van der Waals surface area contributed by atoms with Crippen molar-refractivity contribution in [2.75, 3.05) is 32.2 Å². The molecule has 32 heavy (non-hydrogen) atoms. The number of fused-ring (bicyclic) bond motifs is 1. The van der Waals surface area contributed by atoms with Crippen molar-refractivity contribution >= 4 is 45.2 Å². The number of amides is 1. The summed E-state index contributed by atoms with van der Waals surface area (Å²) in [6.45, 7) is 5.62. The van der Waals surface area contributed by atoms with Crippen LogP contribution in [0.2, 0.25) is 0 Å². The molecule has 1 N–H and O–H groups in total. The van der Waals surface area contributed by atoms with E-state index in [0.29, 0.717) is 11.4 Å². The van der Waals surface area contributed by atoms with Crippen molar-refractivity contribution in [2.24, 2.45) is 0 Å². The van der Waals surface area contributed by atoms with Gasteiger partial charge in [0.15, 0.2) is 0 Å². The fourth-order valence-corrected chi connectivity index (χ4v) is 4.34. The molecule has 3 aromatic rings. The average Bonchev–Trinajstić information content (AvgIpc) is 3.24. The molecule has 0 saturated heterocycles. The van der Waals surface area contributed by atoms with Crippen molar-refractivity contribution in [3.63, 3.8) is 0 Å². The number of hydrogen-bond acceptors (Lipinski definition) is 8. The lowest BCUT2D eigenvalue weighted by molar-refractivity contribution is -0.116. The third kappa shape index (κ3) is 4.97. The van der Waals surface area contributed by atoms with Gasteiger partial charge >= 0.3 is 11.9 Å². The van der Waals surface area contributed by atoms with E-state index in [4.69, 9.17) is 14.2 Å². The number of para-hydroxylation sites is 2. The van der Waals surface area contributed by atoms with Crippen LogP contribution in [0.5, 0.6) is 0 Å². The van der Waals surface area contributed by atoms with Crippen LogP contribution >= 0.6 is 11.3 Å². The SMILES string of the molecule is CCOC(=O)c1c(NC(=O)Cn2c(C)nc3ccccc32)sc(C(=O)OCCOC)c1C. The lowest BCUT2D eigenvalue weighted by Gasteiger charge is -2.09. The van der Waals surface area contributed by atoms with E-state index in [1.54, 1.807) is 18.4 Å². The van der Waals surface area contributed by atoms with Crippen LogP contribution in [0.4, 0.5) is 5.00 Å². The molecular formula is C22H25N3O6S. The lowest BCUT2D eigenvalue weighted by atomic mass is 10.1. The van der Waals surface area contributed by atoms with Gasteiger partial charge in [-0.25, -0.2) is 14.6 Å². The van der Waals surface area contributed by atoms with Gasteiger partial charge in [-0.3, -0.25) is 4.79 Å². The quantitative estimate of drug-likeness (QED) is 0.386. The normalized spacial score (nSPS) is 10.9. The summed E-state index contributed by atoms with van der Waals surface area (Å²) in [5.41, 5.74) is 2.17. The predicted octanol–water partition coefficient (Wildman–Crippen LogP) is 3.33. The van der Waals surface area contributed by atoms with Crippen molar-refractivity contribution in [1.29, 1.82) is 0 Å². The molecular weight excluding hydrogens is 434 g/mol. The maximum Gasteiger partial charge on any atom is 0.348 e. The van der Waals surface area contributed by atoms with Crippen LogP contribution < -0.4 is 5.32 Å². The van der Waals surface area contributed by atoms with E-state index in [-0.39, 0.29) is 47.7 Å². The number of ether oxygens (including phenoxy) is 3. The Bertz CT molecular complexity index is 1150. The first-order chi connectivity index (χ1) is 15.4. The van der Waals surface area contributed by atoms with E-state index >= 15 is 0 Å². The highest BCUT2D eigenvalue weighted by Crippen LogP contribution is 2.34. The zero-order valence-corrected chi connectivity index (χ0v) is 19.2. The number of hydrogen-bond donors (Lipinski definition) is 1. The molecule has 2 aromatic heterocycles. The van der Waals surface area contributed by atoms with E-state index < -0.39 is 11.9 Å². The minimum atomic E-state index is -0.614. The number of esters is 2. The van der Waals surface area contributed by atoms with Gasteiger partial charge in [0.05, 0.1) is 29.8 Å². The Kier molecular flexibility index (Phi) is 7.60. The van der Waals surface area contributed by atoms with E-state index in [2.05, 4.69) is 10.3 Å². The number of aromatic nitrogens is 2. The number of imidazole rings is 1. The Morgan fingerprint density at radius 2 is 1.84 bits per heavy atom. The number of methoxy groups -OCH3 is 1. The van der Waals surface area contributed by atoms with Gasteiger partial charge in [0.2, 0.25) is 5.91 Å². The summed E-state index contributed by atoms with van der Waals surface area (Å²) in [4.78, 5) is 42.6. The number of carbonyl (C=O) groups is 3. The standard InChI is InChI=1S/C22H25N3O6S/c1-5-30-21(27)18-13(2)19(22(28)31-11-10-29-4)32-20(18)24-17(26)12-25-14(3)23-15-8-6-7-9-16(15)25/h6-9H,5,10-12H2,1-4H3,(H,24,26). The topological polar surface area (TPSA) is 109 Å². The van der Waals surface area contributed by atoms with Gasteiger partial charge in [-0.05, 0) is 38.5 Å². The first kappa shape index (κ1) is 23.4. The summed E-state index contributed by atoms with van der Waals surface area (Å²) in [5.74, 6) is -0.872. The molecule has 2 heterocycles. The molecule has 0 unspecified atom stereocenters. The molecule has 0 fully saturated rings. The largest absolute Gasteiger partial charge is 0.462 e. The predicted molar refractivity (Wildman–Crippen MR) is 120 cm³/mol. The van der Waals surface area contributed by atoms with Gasteiger partial charge in [0, 0.05) is 7.11 Å². The smallest absolute Gasteiger partial charge is 0.348 e. The summed E-state index contributed by atoms with van der Waals surface area (Å²) < 4.78 is 17.0. The van der Waals surface area contributed by atoms with Crippen LogP contribution in [0.15, 0.2) is 24.3 Å². The molecule has 1 amide bonds. The highest BCUT2D eigenvalue weighted by molar-refractivity contribution is 7.18. The van der Waals surface area contributed by atoms with Crippen molar-refractivity contribution in [1.82, 2.24) is 9.55 Å². The number of benzene rings is 1. The van der Waals surface area contributed by atoms with Gasteiger partial charge in [0.1, 0.15) is 28.9 Å². The maximum absolute atomic E-state index is 12.9. The second kappa shape index (κ2) is 10.4. The zero-order valence-electron chi connectivity index (χ0n) is 18.4. The van der Waals surface area contributed by atoms with Crippen molar-refractivity contribution in [2.45, 2.75) is 27.3 Å². The molecule has 0 atom stereocenters. The number of nitrogens with one attached hydrogen (secondary N) is 1. The number of aryl methyl sites for hydroxylation is 1. The van der Waals surface area contributed by atoms with E-state index in [9.17, 15) is 14.4 Å². The van der Waals surface area contributed by atoms with Crippen LogP contribution in [-0.4, -0.2) is 54.3 Å². The minimum absolute atomic E-state index is 0.000815. The van der Waals surface area contributed by atoms with Crippen LogP contribution in [0.1, 0.15) is 38.3 Å². The molecule has 9 nitrogen and oxygen atoms in total. The van der Waals surface area contributed by atoms with Crippen LogP contribution in [-0.2, 0) is 25.5 Å². The van der Waals surface area contributed by atoms with Crippen molar-refractivity contribution in [3.8, 4) is 0 Å². The molecule has 1 aromatic carbocycles. The van der Waals surface area contributed by atoms with Crippen molar-refractivity contribution < 1.29 is 28.6 Å². The molecule has 0 aliphatic rings. The number of nitrogens with zero attached hydrogens (tertiary/aromatic N) is 2. The average molecular weight is 460 g/mol. The Hall–Kier alpha value is -3.24. The van der Waals surface area contributed by atoms with E-state index in [0.717, 1.165) is 22.4 Å². The highest BCUT2D eigenvalue weighted by Gasteiger charge is 2.27. The fraction of sp³-hybridized carbons (Fsp3) is 0.364. The lowest BCUT2D eigenvalue weighted by Crippen LogP contribution is -2.20. The fourth-order valence-electron chi connectivity index (χ4n) is 3.23. The van der Waals surface area contributed by atoms with Crippen LogP contribution in [0.3, 0.4) is 0 Å². The molecule has 3 rings (SSSR count). The number of rotatable bonds is 9. The van der Waals surface area contributed by atoms with E-state index in [1.807, 2.05) is 31.2 Å². The van der Waals surface area contributed by atoms with Gasteiger partial charge in [-0.1, -0.05) is 12.1 Å². The molecule has 0 aliphatic carbocycles. The second-order valence-electron chi connectivity index (χ2n) is 6.89. The monoisotopic (exact) mass is 459 g/mol. The summed E-state index contributed by atoms with van der Waals surface area (Å²) in [6.07, 6.45) is 0. The first-order valence-corrected chi connectivity index (χ1v) is 10.9. The number of anilines is 1. The van der Waals surface area contributed by atoms with Gasteiger partial charge in [-0.15, -0.1) is 11.3 Å². The first-order valence-electron chi connectivity index (χ1n) is 10.1. The number of carbonyl (C=O) groups excluding carboxylic acids is 3. The maximum atomic E-state index is 12.9. The second-order valence-corrected chi connectivity index (χ2v) is 7.91. The highest BCUT2D eigenvalue weighted by atomic mass is 32.1. The third-order valence-corrected chi connectivity index (χ3v) is 5.92. The van der Waals surface area contributed by atoms with Gasteiger partial charge in [-0.2, -0.15) is 0 Å². The Morgan fingerprint density at radius 1 is 1.09 bits per heavy atom. The summed E-state index contributed by atoms with van der Waals surface area (Å²) >= 11 is 0.982. The Balaban J connectivity index is 1.87. The molecule has 0 radical (unpaired) electrons.